The third-order valence-electron chi connectivity index (χ3n) is 10.9. The summed E-state index contributed by atoms with van der Waals surface area (Å²) in [5.41, 5.74) is 12.1. The number of aliphatic carboxylic acids is 1. The Morgan fingerprint density at radius 1 is 0.585 bits per heavy atom. The molecular formula is C52H56F2N8O3. The first-order chi connectivity index (χ1) is 31.5. The van der Waals surface area contributed by atoms with Crippen LogP contribution in [0.15, 0.2) is 158 Å². The van der Waals surface area contributed by atoms with Gasteiger partial charge in [0.2, 0.25) is 5.91 Å². The van der Waals surface area contributed by atoms with Gasteiger partial charge in [-0.3, -0.25) is 4.79 Å². The van der Waals surface area contributed by atoms with Crippen LogP contribution >= 0.6 is 0 Å². The van der Waals surface area contributed by atoms with Gasteiger partial charge in [0, 0.05) is 94.3 Å². The second-order valence-electron chi connectivity index (χ2n) is 15.6. The number of carboxylic acids is 1. The second-order valence-corrected chi connectivity index (χ2v) is 15.6. The van der Waals surface area contributed by atoms with Gasteiger partial charge >= 0.3 is 5.97 Å². The smallest absolute Gasteiger partial charge is 0.328 e. The standard InChI is InChI=1S/C26H27FN4O.C17H22N4.C9H7FO2/c1-20(29-26(32)13-10-21-8-11-23(27)12-9-21)22-5-4-6-24(19-22)30-15-17-31(18-16-30)25-7-2-3-14-28-25;1-14(18)15-5-4-6-16(13-15)20-9-11-21(12-10-20)17-7-2-3-8-19-17;10-8-4-1-7(2-5-8)3-6-9(11)12/h2-14,19-20H,15-18H2,1H3,(H,29,32);2-8,13-14H,9-12,18H2,1H3;1-6H,(H,11,12)/b13-10+;;6-3+/t20-;14-;/m01./s1. The highest BCUT2D eigenvalue weighted by molar-refractivity contribution is 5.92. The maximum atomic E-state index is 13.0. The molecule has 11 nitrogen and oxygen atoms in total. The molecule has 13 heteroatoms. The van der Waals surface area contributed by atoms with E-state index in [0.29, 0.717) is 5.56 Å². The van der Waals surface area contributed by atoms with Gasteiger partial charge in [-0.2, -0.15) is 0 Å². The number of nitrogens with one attached hydrogen (secondary N) is 1. The number of carbonyl (C=O) groups excluding carboxylic acids is 1. The number of nitrogens with two attached hydrogens (primary N) is 1. The highest BCUT2D eigenvalue weighted by atomic mass is 19.1. The Morgan fingerprint density at radius 3 is 1.45 bits per heavy atom. The Morgan fingerprint density at radius 2 is 1.02 bits per heavy atom. The van der Waals surface area contributed by atoms with Crippen LogP contribution in [0.1, 0.15) is 48.2 Å². The lowest BCUT2D eigenvalue weighted by atomic mass is 10.1. The van der Waals surface area contributed by atoms with Crippen molar-refractivity contribution in [3.8, 4) is 0 Å². The maximum Gasteiger partial charge on any atom is 0.328 e. The fraction of sp³-hybridized carbons (Fsp3) is 0.231. The van der Waals surface area contributed by atoms with E-state index in [-0.39, 0.29) is 29.6 Å². The molecule has 4 N–H and O–H groups in total. The molecule has 0 aliphatic carbocycles. The van der Waals surface area contributed by atoms with Crippen LogP contribution in [0.2, 0.25) is 0 Å². The number of carboxylic acid groups (broad SMARTS) is 1. The maximum absolute atomic E-state index is 13.0. The summed E-state index contributed by atoms with van der Waals surface area (Å²) in [4.78, 5) is 40.7. The van der Waals surface area contributed by atoms with Crippen molar-refractivity contribution >= 4 is 47.0 Å². The van der Waals surface area contributed by atoms with Crippen molar-refractivity contribution < 1.29 is 23.5 Å². The molecule has 65 heavy (non-hydrogen) atoms. The van der Waals surface area contributed by atoms with Gasteiger partial charge in [-0.1, -0.05) is 60.7 Å². The Kier molecular flexibility index (Phi) is 17.3. The van der Waals surface area contributed by atoms with Crippen molar-refractivity contribution in [3.63, 3.8) is 0 Å². The number of benzene rings is 4. The molecule has 2 fully saturated rings. The quantitative estimate of drug-likeness (QED) is 0.109. The number of halogens is 2. The van der Waals surface area contributed by atoms with E-state index < -0.39 is 5.97 Å². The van der Waals surface area contributed by atoms with Crippen molar-refractivity contribution in [2.45, 2.75) is 25.9 Å². The van der Waals surface area contributed by atoms with E-state index in [1.807, 2.05) is 68.7 Å². The Bertz CT molecular complexity index is 2460. The summed E-state index contributed by atoms with van der Waals surface area (Å²) in [6.45, 7) is 11.7. The summed E-state index contributed by atoms with van der Waals surface area (Å²) in [7, 11) is 0. The number of amides is 1. The average molecular weight is 879 g/mol. The lowest BCUT2D eigenvalue weighted by Crippen LogP contribution is -2.46. The normalized spacial score (nSPS) is 14.8. The van der Waals surface area contributed by atoms with E-state index in [4.69, 9.17) is 10.8 Å². The van der Waals surface area contributed by atoms with Crippen LogP contribution in [0.4, 0.5) is 31.8 Å². The van der Waals surface area contributed by atoms with Crippen LogP contribution in [-0.2, 0) is 9.59 Å². The number of aromatic nitrogens is 2. The van der Waals surface area contributed by atoms with E-state index in [0.717, 1.165) is 86.9 Å². The molecule has 4 aromatic carbocycles. The molecule has 0 radical (unpaired) electrons. The number of hydrogen-bond donors (Lipinski definition) is 3. The zero-order chi connectivity index (χ0) is 46.0. The van der Waals surface area contributed by atoms with Crippen LogP contribution in [0, 0.1) is 11.6 Å². The first-order valence-corrected chi connectivity index (χ1v) is 21.7. The molecule has 4 heterocycles. The van der Waals surface area contributed by atoms with Crippen LogP contribution < -0.4 is 30.7 Å². The molecule has 1 amide bonds. The highest BCUT2D eigenvalue weighted by Gasteiger charge is 2.20. The van der Waals surface area contributed by atoms with Crippen LogP contribution in [0.3, 0.4) is 0 Å². The minimum atomic E-state index is -1.01. The molecular weight excluding hydrogens is 823 g/mol. The van der Waals surface area contributed by atoms with E-state index in [2.05, 4.69) is 77.3 Å². The molecule has 2 atom stereocenters. The predicted molar refractivity (Wildman–Crippen MR) is 258 cm³/mol. The molecule has 336 valence electrons. The number of pyridine rings is 2. The first kappa shape index (κ1) is 47.1. The Labute approximate surface area is 380 Å². The highest BCUT2D eigenvalue weighted by Crippen LogP contribution is 2.24. The van der Waals surface area contributed by atoms with Gasteiger partial charge in [-0.15, -0.1) is 0 Å². The van der Waals surface area contributed by atoms with Crippen molar-refractivity contribution in [2.75, 3.05) is 72.0 Å². The Hall–Kier alpha value is -7.38. The van der Waals surface area contributed by atoms with E-state index in [1.165, 1.54) is 59.8 Å². The summed E-state index contributed by atoms with van der Waals surface area (Å²) in [5, 5.41) is 11.3. The lowest BCUT2D eigenvalue weighted by Gasteiger charge is -2.37. The molecule has 6 aromatic rings. The SMILES string of the molecule is C[C@@H](N)c1cccc(N2CCN(c3ccccn3)CC2)c1.C[C@H](NC(=O)/C=C/c1ccc(F)cc1)c1cccc(N2CCN(c3ccccn3)CC2)c1.O=C(O)/C=C/c1ccc(F)cc1. The lowest BCUT2D eigenvalue weighted by molar-refractivity contribution is -0.131. The van der Waals surface area contributed by atoms with Gasteiger partial charge in [0.25, 0.3) is 0 Å². The molecule has 2 saturated heterocycles. The van der Waals surface area contributed by atoms with Gasteiger partial charge < -0.3 is 35.8 Å². The fourth-order valence-corrected chi connectivity index (χ4v) is 7.30. The number of carbonyl (C=O) groups is 2. The molecule has 0 unspecified atom stereocenters. The number of rotatable bonds is 11. The number of anilines is 4. The van der Waals surface area contributed by atoms with Crippen LogP contribution in [0.25, 0.3) is 12.2 Å². The summed E-state index contributed by atoms with van der Waals surface area (Å²) in [5.74, 6) is 0.267. The topological polar surface area (TPSA) is 131 Å². The van der Waals surface area contributed by atoms with Crippen molar-refractivity contribution in [2.24, 2.45) is 5.73 Å². The largest absolute Gasteiger partial charge is 0.478 e. The molecule has 0 saturated carbocycles. The minimum Gasteiger partial charge on any atom is -0.478 e. The van der Waals surface area contributed by atoms with Crippen LogP contribution in [-0.4, -0.2) is 79.3 Å². The zero-order valence-corrected chi connectivity index (χ0v) is 36.8. The zero-order valence-electron chi connectivity index (χ0n) is 36.8. The van der Waals surface area contributed by atoms with E-state index in [9.17, 15) is 18.4 Å². The van der Waals surface area contributed by atoms with E-state index >= 15 is 0 Å². The van der Waals surface area contributed by atoms with Gasteiger partial charge in [0.15, 0.2) is 0 Å². The summed E-state index contributed by atoms with van der Waals surface area (Å²) < 4.78 is 25.3. The third kappa shape index (κ3) is 14.9. The molecule has 0 bridgehead atoms. The summed E-state index contributed by atoms with van der Waals surface area (Å²) in [6.07, 6.45) is 9.25. The second kappa shape index (κ2) is 23.9. The molecule has 8 rings (SSSR count). The van der Waals surface area contributed by atoms with Gasteiger partial charge in [0.05, 0.1) is 6.04 Å². The number of hydrogen-bond acceptors (Lipinski definition) is 9. The van der Waals surface area contributed by atoms with E-state index in [1.54, 1.807) is 18.2 Å². The molecule has 2 aliphatic rings. The minimum absolute atomic E-state index is 0.0831. The molecule has 2 aliphatic heterocycles. The summed E-state index contributed by atoms with van der Waals surface area (Å²) in [6, 6.07) is 40.5. The fourth-order valence-electron chi connectivity index (χ4n) is 7.30. The number of nitrogens with zero attached hydrogens (tertiary/aromatic N) is 6. The first-order valence-electron chi connectivity index (χ1n) is 21.7. The Balaban J connectivity index is 0.000000181. The van der Waals surface area contributed by atoms with Crippen molar-refractivity contribution in [1.82, 2.24) is 15.3 Å². The predicted octanol–water partition coefficient (Wildman–Crippen LogP) is 8.79. The summed E-state index contributed by atoms with van der Waals surface area (Å²) >= 11 is 0. The number of piperazine rings is 2. The molecule has 0 spiro atoms. The monoisotopic (exact) mass is 878 g/mol. The molecule has 2 aromatic heterocycles. The van der Waals surface area contributed by atoms with Crippen molar-refractivity contribution in [1.29, 1.82) is 0 Å². The third-order valence-corrected chi connectivity index (χ3v) is 10.9. The van der Waals surface area contributed by atoms with Gasteiger partial charge in [0.1, 0.15) is 23.3 Å². The average Bonchev–Trinajstić information content (AvgIpc) is 3.35. The van der Waals surface area contributed by atoms with Crippen LogP contribution in [0.5, 0.6) is 0 Å². The van der Waals surface area contributed by atoms with Crippen molar-refractivity contribution in [3.05, 3.63) is 192 Å². The van der Waals surface area contributed by atoms with Gasteiger partial charge in [-0.05, 0) is 121 Å². The van der Waals surface area contributed by atoms with Gasteiger partial charge in [-0.25, -0.2) is 23.5 Å².